The van der Waals surface area contributed by atoms with Gasteiger partial charge in [-0.25, -0.2) is 0 Å². The average Bonchev–Trinajstić information content (AvgIpc) is 2.74. The molecule has 0 amide bonds. The van der Waals surface area contributed by atoms with Gasteiger partial charge in [-0.3, -0.25) is 0 Å². The molecule has 0 aliphatic heterocycles. The van der Waals surface area contributed by atoms with Crippen molar-refractivity contribution in [3.8, 4) is 0 Å². The van der Waals surface area contributed by atoms with Crippen molar-refractivity contribution in [1.82, 2.24) is 0 Å². The number of hydrogen-bond donors (Lipinski definition) is 0. The van der Waals surface area contributed by atoms with E-state index in [1.165, 1.54) is 30.2 Å². The molecule has 5 heteroatoms. The van der Waals surface area contributed by atoms with Crippen molar-refractivity contribution < 1.29 is 0 Å². The molecule has 3 nitrogen and oxygen atoms in total. The van der Waals surface area contributed by atoms with E-state index in [0.29, 0.717) is 0 Å². The normalized spacial score (nSPS) is 10.6. The molecule has 0 aromatic heterocycles. The summed E-state index contributed by atoms with van der Waals surface area (Å²) in [6, 6.07) is 26.7. The Labute approximate surface area is 207 Å². The van der Waals surface area contributed by atoms with Crippen LogP contribution < -0.4 is 27.9 Å². The average molecular weight is 597 g/mol. The van der Waals surface area contributed by atoms with E-state index in [1.54, 1.807) is 0 Å². The summed E-state index contributed by atoms with van der Waals surface area (Å²) in [5, 5.41) is 0. The summed E-state index contributed by atoms with van der Waals surface area (Å²) in [6.45, 7) is 0. The van der Waals surface area contributed by atoms with Gasteiger partial charge >= 0.3 is 209 Å². The van der Waals surface area contributed by atoms with Crippen molar-refractivity contribution in [2.24, 2.45) is 0 Å². The molecule has 0 fully saturated rings. The van der Waals surface area contributed by atoms with E-state index in [0.717, 1.165) is 0 Å². The van der Waals surface area contributed by atoms with E-state index in [9.17, 15) is 0 Å². The van der Waals surface area contributed by atoms with Gasteiger partial charge in [0.1, 0.15) is 0 Å². The zero-order chi connectivity index (χ0) is 23.8. The number of nitrogens with zero attached hydrogens (tertiary/aromatic N) is 3. The van der Waals surface area contributed by atoms with E-state index in [4.69, 9.17) is 0 Å². The molecule has 0 bridgehead atoms. The van der Waals surface area contributed by atoms with Gasteiger partial charge in [-0.1, -0.05) is 0 Å². The van der Waals surface area contributed by atoms with Gasteiger partial charge in [0.25, 0.3) is 0 Å². The summed E-state index contributed by atoms with van der Waals surface area (Å²) in [7, 11) is 12.9. The van der Waals surface area contributed by atoms with Crippen molar-refractivity contribution in [3.05, 3.63) is 72.8 Å². The Bertz CT molecular complexity index is 861. The van der Waals surface area contributed by atoms with Crippen LogP contribution in [-0.4, -0.2) is 76.4 Å². The van der Waals surface area contributed by atoms with E-state index in [1.807, 2.05) is 0 Å². The van der Waals surface area contributed by atoms with Crippen LogP contribution in [0.3, 0.4) is 0 Å². The minimum absolute atomic E-state index is 0.543. The molecule has 0 unspecified atom stereocenters. The van der Waals surface area contributed by atoms with Crippen molar-refractivity contribution in [2.75, 3.05) is 57.0 Å². The van der Waals surface area contributed by atoms with Crippen LogP contribution in [0.15, 0.2) is 72.8 Å². The summed E-state index contributed by atoms with van der Waals surface area (Å²) >= 11 is -2.63. The van der Waals surface area contributed by atoms with Crippen molar-refractivity contribution in [2.45, 2.75) is 14.8 Å². The van der Waals surface area contributed by atoms with Gasteiger partial charge in [-0.15, -0.1) is 0 Å². The summed E-state index contributed by atoms with van der Waals surface area (Å²) in [6.07, 6.45) is 0. The molecule has 170 valence electrons. The van der Waals surface area contributed by atoms with Gasteiger partial charge in [0.05, 0.1) is 0 Å². The summed E-state index contributed by atoms with van der Waals surface area (Å²) in [5.74, 6) is 0. The van der Waals surface area contributed by atoms with Crippen molar-refractivity contribution in [1.29, 1.82) is 0 Å². The number of para-hydroxylation sites is 3. The molecule has 32 heavy (non-hydrogen) atoms. The first-order chi connectivity index (χ1) is 15.1. The minimum atomic E-state index is -2.09. The topological polar surface area (TPSA) is 9.72 Å². The molecule has 0 saturated heterocycles. The number of anilines is 3. The molecule has 0 N–H and O–H groups in total. The molecular weight excluding hydrogens is 558 g/mol. The van der Waals surface area contributed by atoms with Crippen LogP contribution in [0, 0.1) is 0 Å². The van der Waals surface area contributed by atoms with Gasteiger partial charge in [-0.05, 0) is 0 Å². The molecule has 0 heterocycles. The quantitative estimate of drug-likeness (QED) is 0.402. The SMILES string of the molecule is CN(C)c1cccc[c]1[Ge]([c]1ccccc1N(C)C)[c]1ccccc1N(C)C.[CH3][Sn]([CH3])[CH3]. The molecule has 3 aromatic carbocycles. The van der Waals surface area contributed by atoms with Crippen LogP contribution in [0.4, 0.5) is 17.1 Å². The predicted molar refractivity (Wildman–Crippen MR) is 150 cm³/mol. The maximum atomic E-state index is 2.36. The summed E-state index contributed by atoms with van der Waals surface area (Å²) < 4.78 is 4.45. The fourth-order valence-electron chi connectivity index (χ4n) is 3.66. The number of hydrogen-bond acceptors (Lipinski definition) is 3. The molecule has 0 aliphatic carbocycles. The first kappa shape index (κ1) is 26.7. The molecule has 0 saturated carbocycles. The molecule has 0 spiro atoms. The Morgan fingerprint density at radius 2 is 0.688 bits per heavy atom. The van der Waals surface area contributed by atoms with Gasteiger partial charge in [0, 0.05) is 0 Å². The van der Waals surface area contributed by atoms with E-state index < -0.39 is 34.1 Å². The zero-order valence-corrected chi connectivity index (χ0v) is 26.2. The molecular formula is C27H39GeN3Sn. The third-order valence-electron chi connectivity index (χ3n) is 4.97. The Kier molecular flexibility index (Phi) is 10.5. The van der Waals surface area contributed by atoms with E-state index in [-0.39, 0.29) is 0 Å². The molecule has 0 aliphatic rings. The third kappa shape index (κ3) is 6.95. The fourth-order valence-corrected chi connectivity index (χ4v) is 10.7. The van der Waals surface area contributed by atoms with Gasteiger partial charge in [0.2, 0.25) is 0 Å². The van der Waals surface area contributed by atoms with Crippen LogP contribution in [0.25, 0.3) is 0 Å². The second-order valence-corrected chi connectivity index (χ2v) is 22.6. The van der Waals surface area contributed by atoms with Gasteiger partial charge < -0.3 is 0 Å². The van der Waals surface area contributed by atoms with Crippen LogP contribution in [-0.2, 0) is 0 Å². The Balaban J connectivity index is 0.000000837. The molecule has 3 aromatic rings. The Hall–Kier alpha value is -1.60. The monoisotopic (exact) mass is 599 g/mol. The standard InChI is InChI=1S/C24H30GeN3.3CH3.Sn/c1-26(2)22-16-10-7-13-19(22)25(20-14-8-11-17-23(20)27(3)4)21-15-9-12-18-24(21)28(5)6;;;;/h7-18H,1-6H3;3*1H3;. The second-order valence-electron chi connectivity index (χ2n) is 9.11. The first-order valence-corrected chi connectivity index (χ1v) is 22.8. The zero-order valence-electron chi connectivity index (χ0n) is 21.3. The predicted octanol–water partition coefficient (Wildman–Crippen LogP) is 3.77. The van der Waals surface area contributed by atoms with Crippen LogP contribution in [0.5, 0.6) is 0 Å². The fraction of sp³-hybridized carbons (Fsp3) is 0.333. The van der Waals surface area contributed by atoms with E-state index >= 15 is 0 Å². The molecule has 0 atom stereocenters. The Morgan fingerprint density at radius 1 is 0.469 bits per heavy atom. The van der Waals surface area contributed by atoms with Crippen molar-refractivity contribution >= 4 is 64.4 Å². The Morgan fingerprint density at radius 3 is 0.906 bits per heavy atom. The van der Waals surface area contributed by atoms with Crippen LogP contribution >= 0.6 is 0 Å². The summed E-state index contributed by atoms with van der Waals surface area (Å²) in [5.41, 5.74) is 3.96. The summed E-state index contributed by atoms with van der Waals surface area (Å²) in [4.78, 5) is 13.8. The molecule has 3 rings (SSSR count). The van der Waals surface area contributed by atoms with Crippen LogP contribution in [0.2, 0.25) is 14.8 Å². The number of benzene rings is 3. The third-order valence-corrected chi connectivity index (χ3v) is 11.0. The molecule has 2 radical (unpaired) electrons. The van der Waals surface area contributed by atoms with Gasteiger partial charge in [0.15, 0.2) is 0 Å². The number of rotatable bonds is 6. The van der Waals surface area contributed by atoms with Gasteiger partial charge in [-0.2, -0.15) is 0 Å². The van der Waals surface area contributed by atoms with Crippen LogP contribution in [0.1, 0.15) is 0 Å². The van der Waals surface area contributed by atoms with Crippen molar-refractivity contribution in [3.63, 3.8) is 0 Å². The van der Waals surface area contributed by atoms with E-state index in [2.05, 4.69) is 145 Å². The second kappa shape index (κ2) is 12.6. The first-order valence-electron chi connectivity index (χ1n) is 11.1. The maximum absolute atomic E-state index is 2.36.